The van der Waals surface area contributed by atoms with Gasteiger partial charge in [-0.05, 0) is 43.4 Å². The molecule has 0 heterocycles. The molecule has 0 aliphatic heterocycles. The Morgan fingerprint density at radius 3 is 2.49 bits per heavy atom. The van der Waals surface area contributed by atoms with Crippen LogP contribution in [0.25, 0.3) is 5.76 Å². The smallest absolute Gasteiger partial charge is 0.255 e. The van der Waals surface area contributed by atoms with Crippen LogP contribution in [0.5, 0.6) is 5.75 Å². The number of unbranched alkanes of at least 4 members (excludes halogenated alkanes) is 1. The summed E-state index contributed by atoms with van der Waals surface area (Å²) in [4.78, 5) is 52.3. The molecular weight excluding hydrogens is 508 g/mol. The molecule has 0 spiro atoms. The zero-order valence-electron chi connectivity index (χ0n) is 22.1. The van der Waals surface area contributed by atoms with Gasteiger partial charge in [-0.2, -0.15) is 0 Å². The van der Waals surface area contributed by atoms with Crippen molar-refractivity contribution in [2.75, 3.05) is 37.4 Å². The van der Waals surface area contributed by atoms with E-state index < -0.39 is 63.7 Å². The van der Waals surface area contributed by atoms with Crippen molar-refractivity contribution in [1.29, 1.82) is 0 Å². The molecule has 8 N–H and O–H groups in total. The fourth-order valence-corrected chi connectivity index (χ4v) is 5.86. The number of Topliss-reactive ketones (excluding diaryl/α,β-unsaturated/α-hetero) is 2. The molecule has 0 bridgehead atoms. The average Bonchev–Trinajstić information content (AvgIpc) is 2.85. The minimum atomic E-state index is -2.63. The van der Waals surface area contributed by atoms with E-state index in [4.69, 9.17) is 5.73 Å². The van der Waals surface area contributed by atoms with Gasteiger partial charge in [0.2, 0.25) is 11.7 Å². The number of benzene rings is 1. The molecule has 4 rings (SSSR count). The third-order valence-corrected chi connectivity index (χ3v) is 7.79. The molecule has 0 saturated heterocycles. The zero-order chi connectivity index (χ0) is 28.8. The van der Waals surface area contributed by atoms with Gasteiger partial charge in [0, 0.05) is 37.7 Å². The summed E-state index contributed by atoms with van der Waals surface area (Å²) >= 11 is 0. The second-order valence-electron chi connectivity index (χ2n) is 10.5. The Bertz CT molecular complexity index is 1330. The number of nitrogens with zero attached hydrogens (tertiary/aromatic N) is 1. The van der Waals surface area contributed by atoms with Gasteiger partial charge < -0.3 is 41.7 Å². The van der Waals surface area contributed by atoms with Gasteiger partial charge in [-0.3, -0.25) is 19.2 Å². The van der Waals surface area contributed by atoms with Crippen molar-refractivity contribution >= 4 is 40.5 Å². The number of phenolic OH excluding ortho intramolecular Hbond substituents is 1. The van der Waals surface area contributed by atoms with Gasteiger partial charge in [0.05, 0.1) is 17.8 Å². The van der Waals surface area contributed by atoms with Crippen LogP contribution in [-0.4, -0.2) is 76.6 Å². The normalized spacial score (nSPS) is 24.2. The lowest BCUT2D eigenvalue weighted by molar-refractivity contribution is -0.147. The highest BCUT2D eigenvalue weighted by Crippen LogP contribution is 2.54. The number of carbonyl (C=O) groups is 4. The maximum absolute atomic E-state index is 13.7. The fourth-order valence-electron chi connectivity index (χ4n) is 5.86. The molecule has 1 fully saturated rings. The molecule has 210 valence electrons. The summed E-state index contributed by atoms with van der Waals surface area (Å²) in [5.74, 6) is -7.42. The molecule has 3 aliphatic carbocycles. The summed E-state index contributed by atoms with van der Waals surface area (Å²) in [6, 6.07) is 1.58. The fraction of sp³-hybridized carbons (Fsp3) is 0.481. The van der Waals surface area contributed by atoms with Crippen molar-refractivity contribution in [2.45, 2.75) is 44.6 Å². The lowest BCUT2D eigenvalue weighted by Gasteiger charge is -2.46. The summed E-state index contributed by atoms with van der Waals surface area (Å²) < 4.78 is 0. The van der Waals surface area contributed by atoms with Crippen molar-refractivity contribution in [3.63, 3.8) is 0 Å². The molecule has 12 nitrogen and oxygen atoms in total. The van der Waals surface area contributed by atoms with Gasteiger partial charge in [-0.25, -0.2) is 0 Å². The summed E-state index contributed by atoms with van der Waals surface area (Å²) in [6.07, 6.45) is 1.68. The molecule has 1 aromatic carbocycles. The first-order chi connectivity index (χ1) is 18.3. The number of ketones is 2. The molecule has 1 aromatic rings. The van der Waals surface area contributed by atoms with Crippen LogP contribution < -0.4 is 21.3 Å². The largest absolute Gasteiger partial charge is 0.508 e. The predicted octanol–water partition coefficient (Wildman–Crippen LogP) is 0.818. The monoisotopic (exact) mass is 542 g/mol. The van der Waals surface area contributed by atoms with Gasteiger partial charge in [0.1, 0.15) is 22.8 Å². The Morgan fingerprint density at radius 1 is 1.18 bits per heavy atom. The number of anilines is 2. The number of primary amides is 1. The maximum Gasteiger partial charge on any atom is 0.255 e. The van der Waals surface area contributed by atoms with Crippen molar-refractivity contribution in [3.8, 4) is 5.75 Å². The minimum Gasteiger partial charge on any atom is -0.508 e. The van der Waals surface area contributed by atoms with E-state index in [1.54, 1.807) is 25.1 Å². The highest BCUT2D eigenvalue weighted by Gasteiger charge is 2.60. The summed E-state index contributed by atoms with van der Waals surface area (Å²) in [5.41, 5.74) is 2.54. The molecule has 0 aromatic heterocycles. The van der Waals surface area contributed by atoms with Gasteiger partial charge in [0.25, 0.3) is 5.91 Å². The van der Waals surface area contributed by atoms with Crippen molar-refractivity contribution in [3.05, 3.63) is 34.1 Å². The first-order valence-corrected chi connectivity index (χ1v) is 12.9. The second kappa shape index (κ2) is 10.3. The number of phenols is 1. The van der Waals surface area contributed by atoms with E-state index >= 15 is 0 Å². The first kappa shape index (κ1) is 28.1. The topological polar surface area (TPSA) is 203 Å². The number of aliphatic hydroxyl groups is 3. The molecule has 0 radical (unpaired) electrons. The molecule has 1 unspecified atom stereocenters. The first-order valence-electron chi connectivity index (χ1n) is 12.9. The van der Waals surface area contributed by atoms with Crippen molar-refractivity contribution in [1.82, 2.24) is 5.32 Å². The Hall–Kier alpha value is -3.90. The second-order valence-corrected chi connectivity index (χ2v) is 10.5. The van der Waals surface area contributed by atoms with Gasteiger partial charge in [-0.15, -0.1) is 0 Å². The van der Waals surface area contributed by atoms with Crippen LogP contribution in [0.4, 0.5) is 11.4 Å². The standard InChI is InChI=1S/C27H34N4O8/c1-4-5-6-29-11-18(33)30-15-10-16(31(2)3)14-8-12-7-13-9-17(32)21(26(28)38)25(37)27(13,39)24(36)19(12)23(35)20(14)22(15)34/h10,12-13,29,34-35,37,39H,4-9,11H2,1-3H3,(H2,28,38)(H,30,33)/t12?,13-,27-/m0/s1. The van der Waals surface area contributed by atoms with Gasteiger partial charge in [-0.1, -0.05) is 13.3 Å². The van der Waals surface area contributed by atoms with Crippen LogP contribution in [-0.2, 0) is 25.6 Å². The Balaban J connectivity index is 1.81. The van der Waals surface area contributed by atoms with Crippen LogP contribution >= 0.6 is 0 Å². The summed E-state index contributed by atoms with van der Waals surface area (Å²) in [5, 5.41) is 50.3. The Labute approximate surface area is 225 Å². The van der Waals surface area contributed by atoms with Crippen LogP contribution in [0.3, 0.4) is 0 Å². The van der Waals surface area contributed by atoms with Crippen molar-refractivity contribution < 1.29 is 39.6 Å². The average molecular weight is 543 g/mol. The summed E-state index contributed by atoms with van der Waals surface area (Å²) in [6.45, 7) is 2.68. The highest BCUT2D eigenvalue weighted by molar-refractivity contribution is 6.22. The number of amides is 2. The molecular formula is C27H34N4O8. The Kier molecular flexibility index (Phi) is 7.46. The number of nitrogens with one attached hydrogen (secondary N) is 2. The number of hydrogen-bond donors (Lipinski definition) is 7. The number of rotatable bonds is 8. The molecule has 12 heteroatoms. The molecule has 2 amide bonds. The zero-order valence-corrected chi connectivity index (χ0v) is 22.1. The van der Waals surface area contributed by atoms with Crippen LogP contribution in [0.15, 0.2) is 23.0 Å². The van der Waals surface area contributed by atoms with Gasteiger partial charge >= 0.3 is 0 Å². The molecule has 3 aliphatic rings. The van der Waals surface area contributed by atoms with Crippen LogP contribution in [0, 0.1) is 11.8 Å². The minimum absolute atomic E-state index is 0.00238. The SMILES string of the molecule is CCCCNCC(=O)Nc1cc(N(C)C)c2c(c1O)C(O)=C1C(=O)[C@]3(O)C(O)=C(C(N)=O)C(=O)C[C@@H]3CC1C2. The number of aliphatic hydroxyl groups excluding tert-OH is 2. The van der Waals surface area contributed by atoms with E-state index in [2.05, 4.69) is 10.6 Å². The molecule has 1 saturated carbocycles. The number of nitrogens with two attached hydrogens (primary N) is 1. The van der Waals surface area contributed by atoms with Crippen LogP contribution in [0.2, 0.25) is 0 Å². The Morgan fingerprint density at radius 2 is 1.87 bits per heavy atom. The number of hydrogen-bond acceptors (Lipinski definition) is 10. The quantitative estimate of drug-likeness (QED) is 0.140. The number of aromatic hydroxyl groups is 1. The maximum atomic E-state index is 13.7. The lowest BCUT2D eigenvalue weighted by atomic mass is 9.59. The number of carbonyl (C=O) groups excluding carboxylic acids is 4. The highest BCUT2D eigenvalue weighted by atomic mass is 16.3. The molecule has 39 heavy (non-hydrogen) atoms. The summed E-state index contributed by atoms with van der Waals surface area (Å²) in [7, 11) is 3.50. The molecule has 3 atom stereocenters. The number of fused-ring (bicyclic) bond motifs is 3. The van der Waals surface area contributed by atoms with E-state index in [0.29, 0.717) is 17.8 Å². The third-order valence-electron chi connectivity index (χ3n) is 7.79. The van der Waals surface area contributed by atoms with E-state index in [1.165, 1.54) is 0 Å². The lowest BCUT2D eigenvalue weighted by Crippen LogP contribution is -2.58. The third kappa shape index (κ3) is 4.53. The van der Waals surface area contributed by atoms with E-state index in [9.17, 15) is 39.6 Å². The van der Waals surface area contributed by atoms with E-state index in [-0.39, 0.29) is 42.6 Å². The predicted molar refractivity (Wildman–Crippen MR) is 142 cm³/mol. The van der Waals surface area contributed by atoms with E-state index in [1.807, 2.05) is 6.92 Å². The van der Waals surface area contributed by atoms with Crippen LogP contribution in [0.1, 0.15) is 43.7 Å². The van der Waals surface area contributed by atoms with Crippen molar-refractivity contribution in [2.24, 2.45) is 17.6 Å². The van der Waals surface area contributed by atoms with Gasteiger partial charge in [0.15, 0.2) is 11.4 Å². The van der Waals surface area contributed by atoms with E-state index in [0.717, 1.165) is 12.8 Å².